The predicted octanol–water partition coefficient (Wildman–Crippen LogP) is 2.87. The molecule has 0 aromatic carbocycles. The molecule has 0 bridgehead atoms. The van der Waals surface area contributed by atoms with E-state index in [-0.39, 0.29) is 11.9 Å². The first kappa shape index (κ1) is 13.2. The van der Waals surface area contributed by atoms with Crippen LogP contribution < -0.4 is 0 Å². The minimum Gasteiger partial charge on any atom is -0.469 e. The summed E-state index contributed by atoms with van der Waals surface area (Å²) in [5.41, 5.74) is 0. The fourth-order valence-electron chi connectivity index (χ4n) is 2.30. The van der Waals surface area contributed by atoms with E-state index in [1.54, 1.807) is 0 Å². The van der Waals surface area contributed by atoms with Crippen molar-refractivity contribution >= 4 is 11.8 Å². The Hall–Kier alpha value is -0.860. The average Bonchev–Trinajstić information content (AvgIpc) is 2.49. The van der Waals surface area contributed by atoms with Gasteiger partial charge in [-0.25, -0.2) is 0 Å². The van der Waals surface area contributed by atoms with E-state index in [1.165, 1.54) is 20.0 Å². The van der Waals surface area contributed by atoms with Crippen LogP contribution in [0.25, 0.3) is 0 Å². The summed E-state index contributed by atoms with van der Waals surface area (Å²) in [6.45, 7) is 0. The van der Waals surface area contributed by atoms with Crippen molar-refractivity contribution in [2.45, 2.75) is 57.8 Å². The lowest BCUT2D eigenvalue weighted by Crippen LogP contribution is -2.12. The molecule has 16 heavy (non-hydrogen) atoms. The molecular formula is C13H22O3. The number of ketones is 1. The molecule has 0 radical (unpaired) electrons. The van der Waals surface area contributed by atoms with Crippen molar-refractivity contribution < 1.29 is 14.3 Å². The Balaban J connectivity index is 2.15. The quantitative estimate of drug-likeness (QED) is 0.411. The zero-order valence-corrected chi connectivity index (χ0v) is 10.2. The van der Waals surface area contributed by atoms with Gasteiger partial charge in [0.25, 0.3) is 0 Å². The first-order chi connectivity index (χ1) is 7.74. The van der Waals surface area contributed by atoms with Crippen LogP contribution in [0, 0.1) is 5.92 Å². The average molecular weight is 226 g/mol. The van der Waals surface area contributed by atoms with Crippen molar-refractivity contribution in [3.8, 4) is 0 Å². The number of rotatable bonds is 5. The van der Waals surface area contributed by atoms with Gasteiger partial charge in [0.15, 0.2) is 0 Å². The Morgan fingerprint density at radius 3 is 2.88 bits per heavy atom. The van der Waals surface area contributed by atoms with Crippen molar-refractivity contribution in [3.05, 3.63) is 0 Å². The zero-order valence-electron chi connectivity index (χ0n) is 10.2. The molecule has 1 aliphatic rings. The van der Waals surface area contributed by atoms with E-state index >= 15 is 0 Å². The van der Waals surface area contributed by atoms with Gasteiger partial charge in [-0.3, -0.25) is 9.59 Å². The molecule has 1 aliphatic carbocycles. The molecule has 1 fully saturated rings. The van der Waals surface area contributed by atoms with Gasteiger partial charge >= 0.3 is 5.97 Å². The van der Waals surface area contributed by atoms with E-state index in [1.807, 2.05) is 0 Å². The molecule has 0 aliphatic heterocycles. The minimum atomic E-state index is -0.146. The topological polar surface area (TPSA) is 43.4 Å². The largest absolute Gasteiger partial charge is 0.469 e. The van der Waals surface area contributed by atoms with Gasteiger partial charge in [-0.1, -0.05) is 19.3 Å². The summed E-state index contributed by atoms with van der Waals surface area (Å²) in [7, 11) is 1.41. The number of ether oxygens (including phenoxy) is 1. The van der Waals surface area contributed by atoms with Gasteiger partial charge in [-0.05, 0) is 25.7 Å². The highest BCUT2D eigenvalue weighted by molar-refractivity contribution is 5.81. The van der Waals surface area contributed by atoms with Crippen molar-refractivity contribution in [2.75, 3.05) is 7.11 Å². The number of methoxy groups -OCH3 is 1. The van der Waals surface area contributed by atoms with Gasteiger partial charge in [-0.15, -0.1) is 0 Å². The van der Waals surface area contributed by atoms with E-state index in [2.05, 4.69) is 4.74 Å². The molecule has 0 aromatic heterocycles. The molecule has 3 nitrogen and oxygen atoms in total. The van der Waals surface area contributed by atoms with Gasteiger partial charge in [-0.2, -0.15) is 0 Å². The molecule has 0 aromatic rings. The maximum atomic E-state index is 11.7. The fourth-order valence-corrected chi connectivity index (χ4v) is 2.30. The maximum Gasteiger partial charge on any atom is 0.305 e. The monoisotopic (exact) mass is 226 g/mol. The Kier molecular flexibility index (Phi) is 6.12. The van der Waals surface area contributed by atoms with Gasteiger partial charge < -0.3 is 4.74 Å². The predicted molar refractivity (Wildman–Crippen MR) is 62.1 cm³/mol. The summed E-state index contributed by atoms with van der Waals surface area (Å²) >= 11 is 0. The lowest BCUT2D eigenvalue weighted by atomic mass is 9.93. The normalized spacial score (nSPS) is 21.6. The van der Waals surface area contributed by atoms with Crippen molar-refractivity contribution in [2.24, 2.45) is 5.92 Å². The van der Waals surface area contributed by atoms with Crippen LogP contribution in [0.2, 0.25) is 0 Å². The minimum absolute atomic E-state index is 0.146. The second-order valence-electron chi connectivity index (χ2n) is 4.58. The molecule has 0 N–H and O–H groups in total. The van der Waals surface area contributed by atoms with Gasteiger partial charge in [0.1, 0.15) is 5.78 Å². The zero-order chi connectivity index (χ0) is 11.8. The molecule has 1 atom stereocenters. The highest BCUT2D eigenvalue weighted by Gasteiger charge is 2.19. The molecule has 0 amide bonds. The summed E-state index contributed by atoms with van der Waals surface area (Å²) in [5, 5.41) is 0. The molecule has 0 spiro atoms. The Morgan fingerprint density at radius 2 is 2.12 bits per heavy atom. The Bertz CT molecular complexity index is 235. The molecule has 0 saturated heterocycles. The lowest BCUT2D eigenvalue weighted by Gasteiger charge is -2.11. The Morgan fingerprint density at radius 1 is 1.31 bits per heavy atom. The molecule has 3 heteroatoms. The van der Waals surface area contributed by atoms with Gasteiger partial charge in [0.2, 0.25) is 0 Å². The number of esters is 1. The molecule has 92 valence electrons. The summed E-state index contributed by atoms with van der Waals surface area (Å²) < 4.78 is 4.58. The van der Waals surface area contributed by atoms with Crippen LogP contribution in [0.3, 0.4) is 0 Å². The van der Waals surface area contributed by atoms with E-state index in [9.17, 15) is 9.59 Å². The molecular weight excluding hydrogens is 204 g/mol. The summed E-state index contributed by atoms with van der Waals surface area (Å²) in [4.78, 5) is 22.6. The number of hydrogen-bond donors (Lipinski definition) is 0. The third-order valence-corrected chi connectivity index (χ3v) is 3.34. The second-order valence-corrected chi connectivity index (χ2v) is 4.58. The first-order valence-electron chi connectivity index (χ1n) is 6.33. The highest BCUT2D eigenvalue weighted by Crippen LogP contribution is 2.24. The number of carbonyl (C=O) groups excluding carboxylic acids is 2. The van der Waals surface area contributed by atoms with Crippen molar-refractivity contribution in [1.29, 1.82) is 0 Å². The van der Waals surface area contributed by atoms with Crippen molar-refractivity contribution in [3.63, 3.8) is 0 Å². The molecule has 1 saturated carbocycles. The second kappa shape index (κ2) is 7.42. The molecule has 1 unspecified atom stereocenters. The standard InChI is InChI=1S/C13H22O3/c1-16-13(15)10-6-5-8-11-7-3-2-4-9-12(11)14/h11H,2-10H2,1H3. The van der Waals surface area contributed by atoms with Crippen LogP contribution in [0.5, 0.6) is 0 Å². The number of unbranched alkanes of at least 4 members (excludes halogenated alkanes) is 1. The molecule has 1 rings (SSSR count). The highest BCUT2D eigenvalue weighted by atomic mass is 16.5. The summed E-state index contributed by atoms with van der Waals surface area (Å²) in [6, 6.07) is 0. The first-order valence-corrected chi connectivity index (χ1v) is 6.33. The van der Waals surface area contributed by atoms with Gasteiger partial charge in [0.05, 0.1) is 7.11 Å². The lowest BCUT2D eigenvalue weighted by molar-refractivity contribution is -0.140. The van der Waals surface area contributed by atoms with Crippen LogP contribution in [-0.2, 0) is 14.3 Å². The van der Waals surface area contributed by atoms with E-state index in [0.29, 0.717) is 12.2 Å². The third-order valence-electron chi connectivity index (χ3n) is 3.34. The number of hydrogen-bond acceptors (Lipinski definition) is 3. The van der Waals surface area contributed by atoms with Gasteiger partial charge in [0, 0.05) is 18.8 Å². The van der Waals surface area contributed by atoms with Crippen LogP contribution in [-0.4, -0.2) is 18.9 Å². The van der Waals surface area contributed by atoms with Crippen LogP contribution in [0.4, 0.5) is 0 Å². The fraction of sp³-hybridized carbons (Fsp3) is 0.846. The van der Waals surface area contributed by atoms with Crippen LogP contribution >= 0.6 is 0 Å². The summed E-state index contributed by atoms with van der Waals surface area (Å²) in [6.07, 6.45) is 8.52. The van der Waals surface area contributed by atoms with Crippen LogP contribution in [0.1, 0.15) is 57.8 Å². The van der Waals surface area contributed by atoms with E-state index in [4.69, 9.17) is 0 Å². The van der Waals surface area contributed by atoms with E-state index < -0.39 is 0 Å². The maximum absolute atomic E-state index is 11.7. The van der Waals surface area contributed by atoms with E-state index in [0.717, 1.165) is 38.5 Å². The SMILES string of the molecule is COC(=O)CCCCC1CCCCCC1=O. The smallest absolute Gasteiger partial charge is 0.305 e. The summed E-state index contributed by atoms with van der Waals surface area (Å²) in [5.74, 6) is 0.558. The third kappa shape index (κ3) is 4.77. The van der Waals surface area contributed by atoms with Crippen molar-refractivity contribution in [1.82, 2.24) is 0 Å². The Labute approximate surface area is 97.5 Å². The van der Waals surface area contributed by atoms with Crippen LogP contribution in [0.15, 0.2) is 0 Å². The molecule has 0 heterocycles. The number of carbonyl (C=O) groups is 2. The number of Topliss-reactive ketones (excluding diaryl/α,β-unsaturated/α-hetero) is 1.